The van der Waals surface area contributed by atoms with Gasteiger partial charge in [0.1, 0.15) is 5.75 Å². The van der Waals surface area contributed by atoms with Crippen molar-refractivity contribution in [1.29, 1.82) is 0 Å². The number of carbonyl (C=O) groups is 1. The molecular formula is C15H21NO2. The first-order chi connectivity index (χ1) is 8.57. The predicted molar refractivity (Wildman–Crippen MR) is 72.7 cm³/mol. The highest BCUT2D eigenvalue weighted by atomic mass is 16.3. The molecule has 2 rings (SSSR count). The summed E-state index contributed by atoms with van der Waals surface area (Å²) in [5, 5.41) is 12.7. The maximum atomic E-state index is 12.4. The Balaban J connectivity index is 2.15. The minimum absolute atomic E-state index is 0.0571. The van der Waals surface area contributed by atoms with Gasteiger partial charge in [-0.05, 0) is 43.9 Å². The van der Waals surface area contributed by atoms with E-state index in [4.69, 9.17) is 0 Å². The SMILES string of the molecule is CCC1(C(=O)Nc2ccc(C)cc2O)CCCC1. The van der Waals surface area contributed by atoms with Gasteiger partial charge in [-0.1, -0.05) is 25.8 Å². The van der Waals surface area contributed by atoms with Crippen LogP contribution in [0, 0.1) is 12.3 Å². The van der Waals surface area contributed by atoms with E-state index in [1.807, 2.05) is 13.0 Å². The van der Waals surface area contributed by atoms with Gasteiger partial charge in [0.25, 0.3) is 0 Å². The van der Waals surface area contributed by atoms with Gasteiger partial charge in [-0.25, -0.2) is 0 Å². The second kappa shape index (κ2) is 5.01. The smallest absolute Gasteiger partial charge is 0.230 e. The van der Waals surface area contributed by atoms with Crippen LogP contribution < -0.4 is 5.32 Å². The van der Waals surface area contributed by atoms with E-state index < -0.39 is 0 Å². The van der Waals surface area contributed by atoms with Crippen molar-refractivity contribution in [2.75, 3.05) is 5.32 Å². The molecule has 98 valence electrons. The predicted octanol–water partition coefficient (Wildman–Crippen LogP) is 3.61. The van der Waals surface area contributed by atoms with Gasteiger partial charge in [0.05, 0.1) is 5.69 Å². The third-order valence-corrected chi connectivity index (χ3v) is 4.12. The number of benzene rings is 1. The average molecular weight is 247 g/mol. The first kappa shape index (κ1) is 12.9. The van der Waals surface area contributed by atoms with Crippen LogP contribution in [0.2, 0.25) is 0 Å². The van der Waals surface area contributed by atoms with Crippen LogP contribution in [0.3, 0.4) is 0 Å². The summed E-state index contributed by atoms with van der Waals surface area (Å²) in [4.78, 5) is 12.4. The van der Waals surface area contributed by atoms with Gasteiger partial charge >= 0.3 is 0 Å². The third-order valence-electron chi connectivity index (χ3n) is 4.12. The van der Waals surface area contributed by atoms with Crippen LogP contribution in [-0.4, -0.2) is 11.0 Å². The highest BCUT2D eigenvalue weighted by molar-refractivity contribution is 5.96. The second-order valence-electron chi connectivity index (χ2n) is 5.32. The van der Waals surface area contributed by atoms with Crippen LogP contribution in [0.1, 0.15) is 44.6 Å². The maximum absolute atomic E-state index is 12.4. The molecular weight excluding hydrogens is 226 g/mol. The van der Waals surface area contributed by atoms with Gasteiger partial charge in [-0.15, -0.1) is 0 Å². The zero-order chi connectivity index (χ0) is 13.2. The number of nitrogens with one attached hydrogen (secondary N) is 1. The lowest BCUT2D eigenvalue weighted by atomic mass is 9.82. The van der Waals surface area contributed by atoms with Gasteiger partial charge in [0, 0.05) is 5.41 Å². The van der Waals surface area contributed by atoms with E-state index in [1.54, 1.807) is 12.1 Å². The first-order valence-corrected chi connectivity index (χ1v) is 6.68. The molecule has 1 aromatic carbocycles. The van der Waals surface area contributed by atoms with Crippen LogP contribution in [0.5, 0.6) is 5.75 Å². The number of hydrogen-bond acceptors (Lipinski definition) is 2. The zero-order valence-electron chi connectivity index (χ0n) is 11.1. The van der Waals surface area contributed by atoms with Crippen molar-refractivity contribution in [3.05, 3.63) is 23.8 Å². The molecule has 1 fully saturated rings. The number of carbonyl (C=O) groups excluding carboxylic acids is 1. The standard InChI is InChI=1S/C15H21NO2/c1-3-15(8-4-5-9-15)14(18)16-12-7-6-11(2)10-13(12)17/h6-7,10,17H,3-5,8-9H2,1-2H3,(H,16,18). The Morgan fingerprint density at radius 2 is 2.06 bits per heavy atom. The second-order valence-corrected chi connectivity index (χ2v) is 5.32. The number of anilines is 1. The van der Waals surface area contributed by atoms with E-state index in [0.717, 1.165) is 37.7 Å². The average Bonchev–Trinajstić information content (AvgIpc) is 2.82. The number of hydrogen-bond donors (Lipinski definition) is 2. The molecule has 0 heterocycles. The molecule has 0 atom stereocenters. The Morgan fingerprint density at radius 3 is 2.61 bits per heavy atom. The minimum Gasteiger partial charge on any atom is -0.506 e. The Morgan fingerprint density at radius 1 is 1.39 bits per heavy atom. The molecule has 3 nitrogen and oxygen atoms in total. The molecule has 18 heavy (non-hydrogen) atoms. The van der Waals surface area contributed by atoms with E-state index >= 15 is 0 Å². The Hall–Kier alpha value is -1.51. The van der Waals surface area contributed by atoms with Gasteiger partial charge in [0.15, 0.2) is 0 Å². The Labute approximate surface area is 108 Å². The zero-order valence-corrected chi connectivity index (χ0v) is 11.1. The first-order valence-electron chi connectivity index (χ1n) is 6.68. The highest BCUT2D eigenvalue weighted by Crippen LogP contribution is 2.42. The molecule has 0 bridgehead atoms. The molecule has 3 heteroatoms. The van der Waals surface area contributed by atoms with E-state index in [9.17, 15) is 9.90 Å². The van der Waals surface area contributed by atoms with Gasteiger partial charge < -0.3 is 10.4 Å². The molecule has 0 radical (unpaired) electrons. The summed E-state index contributed by atoms with van der Waals surface area (Å²) in [6.45, 7) is 3.98. The van der Waals surface area contributed by atoms with E-state index in [-0.39, 0.29) is 17.1 Å². The molecule has 1 amide bonds. The minimum atomic E-state index is -0.225. The van der Waals surface area contributed by atoms with Crippen LogP contribution in [0.4, 0.5) is 5.69 Å². The molecule has 0 spiro atoms. The van der Waals surface area contributed by atoms with Gasteiger partial charge in [-0.3, -0.25) is 4.79 Å². The summed E-state index contributed by atoms with van der Waals surface area (Å²) in [6, 6.07) is 5.33. The van der Waals surface area contributed by atoms with Crippen molar-refractivity contribution >= 4 is 11.6 Å². The molecule has 2 N–H and O–H groups in total. The summed E-state index contributed by atoms with van der Waals surface area (Å²) in [7, 11) is 0. The van der Waals surface area contributed by atoms with Crippen molar-refractivity contribution in [3.63, 3.8) is 0 Å². The van der Waals surface area contributed by atoms with Crippen LogP contribution in [0.15, 0.2) is 18.2 Å². The van der Waals surface area contributed by atoms with E-state index in [0.29, 0.717) is 5.69 Å². The summed E-state index contributed by atoms with van der Waals surface area (Å²) < 4.78 is 0. The van der Waals surface area contributed by atoms with Crippen LogP contribution >= 0.6 is 0 Å². The van der Waals surface area contributed by atoms with Crippen molar-refractivity contribution in [2.45, 2.75) is 46.0 Å². The quantitative estimate of drug-likeness (QED) is 0.802. The molecule has 1 aromatic rings. The molecule has 0 aliphatic heterocycles. The van der Waals surface area contributed by atoms with Crippen LogP contribution in [-0.2, 0) is 4.79 Å². The summed E-state index contributed by atoms with van der Waals surface area (Å²) in [5.41, 5.74) is 1.28. The van der Waals surface area contributed by atoms with Crippen molar-refractivity contribution in [1.82, 2.24) is 0 Å². The van der Waals surface area contributed by atoms with E-state index in [2.05, 4.69) is 12.2 Å². The third kappa shape index (κ3) is 2.35. The highest BCUT2D eigenvalue weighted by Gasteiger charge is 2.39. The molecule has 1 aliphatic rings. The molecule has 1 aliphatic carbocycles. The number of rotatable bonds is 3. The number of phenols is 1. The Bertz CT molecular complexity index is 448. The lowest BCUT2D eigenvalue weighted by Crippen LogP contribution is -2.33. The molecule has 1 saturated carbocycles. The van der Waals surface area contributed by atoms with Crippen LogP contribution in [0.25, 0.3) is 0 Å². The van der Waals surface area contributed by atoms with Crippen molar-refractivity contribution < 1.29 is 9.90 Å². The van der Waals surface area contributed by atoms with Gasteiger partial charge in [0.2, 0.25) is 5.91 Å². The summed E-state index contributed by atoms with van der Waals surface area (Å²) in [6.07, 6.45) is 5.04. The fourth-order valence-corrected chi connectivity index (χ4v) is 2.80. The summed E-state index contributed by atoms with van der Waals surface area (Å²) >= 11 is 0. The number of amides is 1. The molecule has 0 unspecified atom stereocenters. The van der Waals surface area contributed by atoms with Crippen molar-refractivity contribution in [3.8, 4) is 5.75 Å². The number of aromatic hydroxyl groups is 1. The number of aryl methyl sites for hydroxylation is 1. The largest absolute Gasteiger partial charge is 0.506 e. The van der Waals surface area contributed by atoms with E-state index in [1.165, 1.54) is 0 Å². The topological polar surface area (TPSA) is 49.3 Å². The molecule has 0 aromatic heterocycles. The molecule has 0 saturated heterocycles. The van der Waals surface area contributed by atoms with Gasteiger partial charge in [-0.2, -0.15) is 0 Å². The number of phenolic OH excluding ortho intramolecular Hbond substituents is 1. The lowest BCUT2D eigenvalue weighted by molar-refractivity contribution is -0.125. The van der Waals surface area contributed by atoms with Crippen molar-refractivity contribution in [2.24, 2.45) is 5.41 Å². The fraction of sp³-hybridized carbons (Fsp3) is 0.533. The monoisotopic (exact) mass is 247 g/mol. The fourth-order valence-electron chi connectivity index (χ4n) is 2.80. The Kier molecular flexibility index (Phi) is 3.60. The maximum Gasteiger partial charge on any atom is 0.230 e. The lowest BCUT2D eigenvalue weighted by Gasteiger charge is -2.26. The normalized spacial score (nSPS) is 17.7. The summed E-state index contributed by atoms with van der Waals surface area (Å²) in [5.74, 6) is 0.203.